The Labute approximate surface area is 114 Å². The van der Waals surface area contributed by atoms with Crippen molar-refractivity contribution in [2.45, 2.75) is 26.3 Å². The van der Waals surface area contributed by atoms with Crippen LogP contribution in [0.15, 0.2) is 18.2 Å². The molecule has 0 aromatic heterocycles. The quantitative estimate of drug-likeness (QED) is 0.824. The van der Waals surface area contributed by atoms with Gasteiger partial charge in [0.15, 0.2) is 0 Å². The zero-order chi connectivity index (χ0) is 13.1. The highest BCUT2D eigenvalue weighted by Gasteiger charge is 2.23. The molecule has 1 fully saturated rings. The highest BCUT2D eigenvalue weighted by atomic mass is 35.5. The molecule has 0 spiro atoms. The summed E-state index contributed by atoms with van der Waals surface area (Å²) >= 11 is 6.14. The number of nitrogens with two attached hydrogens (primary N) is 1. The first-order valence-corrected chi connectivity index (χ1v) is 6.97. The summed E-state index contributed by atoms with van der Waals surface area (Å²) in [5.41, 5.74) is 7.36. The van der Waals surface area contributed by atoms with Gasteiger partial charge in [-0.25, -0.2) is 0 Å². The number of rotatable bonds is 4. The molecule has 1 unspecified atom stereocenters. The van der Waals surface area contributed by atoms with Crippen LogP contribution in [0, 0.1) is 5.92 Å². The van der Waals surface area contributed by atoms with E-state index in [2.05, 4.69) is 24.1 Å². The Morgan fingerprint density at radius 2 is 2.28 bits per heavy atom. The lowest BCUT2D eigenvalue weighted by molar-refractivity contribution is 0.266. The molecule has 3 N–H and O–H groups in total. The molecule has 0 amide bonds. The molecule has 100 valence electrons. The van der Waals surface area contributed by atoms with Crippen molar-refractivity contribution in [2.75, 3.05) is 30.7 Å². The third-order valence-corrected chi connectivity index (χ3v) is 3.93. The third-order valence-electron chi connectivity index (χ3n) is 3.62. The van der Waals surface area contributed by atoms with Crippen LogP contribution in [-0.2, 0) is 0 Å². The third kappa shape index (κ3) is 3.30. The van der Waals surface area contributed by atoms with E-state index in [1.807, 2.05) is 12.1 Å². The van der Waals surface area contributed by atoms with Crippen LogP contribution in [0.4, 0.5) is 11.4 Å². The van der Waals surface area contributed by atoms with Gasteiger partial charge >= 0.3 is 0 Å². The maximum absolute atomic E-state index is 6.14. The van der Waals surface area contributed by atoms with Crippen LogP contribution >= 0.6 is 11.6 Å². The normalized spacial score (nSPS) is 20.6. The minimum absolute atomic E-state index is 0.648. The number of benzene rings is 1. The second-order valence-corrected chi connectivity index (χ2v) is 5.77. The topological polar surface area (TPSA) is 41.3 Å². The van der Waals surface area contributed by atoms with Crippen molar-refractivity contribution < 1.29 is 0 Å². The molecule has 2 rings (SSSR count). The largest absolute Gasteiger partial charge is 0.399 e. The number of nitrogen functional groups attached to an aromatic ring is 1. The van der Waals surface area contributed by atoms with Crippen LogP contribution in [0.1, 0.15) is 20.3 Å². The molecule has 4 heteroatoms. The van der Waals surface area contributed by atoms with Crippen LogP contribution in [0.3, 0.4) is 0 Å². The van der Waals surface area contributed by atoms with E-state index in [-0.39, 0.29) is 0 Å². The van der Waals surface area contributed by atoms with E-state index < -0.39 is 0 Å². The summed E-state index contributed by atoms with van der Waals surface area (Å²) in [6.45, 7) is 7.88. The van der Waals surface area contributed by atoms with Crippen molar-refractivity contribution in [3.05, 3.63) is 23.2 Å². The van der Waals surface area contributed by atoms with Crippen molar-refractivity contribution in [1.82, 2.24) is 4.90 Å². The Bertz CT molecular complexity index is 406. The molecule has 1 saturated heterocycles. The number of nitrogens with one attached hydrogen (secondary N) is 1. The number of anilines is 2. The maximum atomic E-state index is 6.14. The Balaban J connectivity index is 1.85. The highest BCUT2D eigenvalue weighted by Crippen LogP contribution is 2.25. The lowest BCUT2D eigenvalue weighted by Crippen LogP contribution is -2.29. The van der Waals surface area contributed by atoms with Crippen molar-refractivity contribution >= 4 is 23.0 Å². The van der Waals surface area contributed by atoms with Crippen molar-refractivity contribution in [2.24, 2.45) is 5.92 Å². The van der Waals surface area contributed by atoms with Crippen molar-refractivity contribution in [3.8, 4) is 0 Å². The fraction of sp³-hybridized carbons (Fsp3) is 0.571. The molecule has 0 aliphatic carbocycles. The van der Waals surface area contributed by atoms with E-state index >= 15 is 0 Å². The van der Waals surface area contributed by atoms with Gasteiger partial charge in [0.1, 0.15) is 0 Å². The average Bonchev–Trinajstić information content (AvgIpc) is 2.76. The van der Waals surface area contributed by atoms with Gasteiger partial charge in [-0.2, -0.15) is 0 Å². The summed E-state index contributed by atoms with van der Waals surface area (Å²) in [4.78, 5) is 2.52. The predicted molar refractivity (Wildman–Crippen MR) is 79.2 cm³/mol. The molecule has 1 atom stereocenters. The molecule has 18 heavy (non-hydrogen) atoms. The summed E-state index contributed by atoms with van der Waals surface area (Å²) in [7, 11) is 0. The van der Waals surface area contributed by atoms with Gasteiger partial charge in [-0.3, -0.25) is 0 Å². The van der Waals surface area contributed by atoms with E-state index in [9.17, 15) is 0 Å². The van der Waals surface area contributed by atoms with Gasteiger partial charge in [0.05, 0.1) is 10.7 Å². The zero-order valence-electron chi connectivity index (χ0n) is 11.1. The van der Waals surface area contributed by atoms with E-state index in [1.54, 1.807) is 6.07 Å². The summed E-state index contributed by atoms with van der Waals surface area (Å²) in [5.74, 6) is 0.709. The number of hydrogen-bond acceptors (Lipinski definition) is 3. The van der Waals surface area contributed by atoms with Crippen LogP contribution in [0.2, 0.25) is 5.02 Å². The van der Waals surface area contributed by atoms with Gasteiger partial charge in [-0.1, -0.05) is 11.6 Å². The maximum Gasteiger partial charge on any atom is 0.0657 e. The second-order valence-electron chi connectivity index (χ2n) is 5.36. The first kappa shape index (κ1) is 13.5. The first-order chi connectivity index (χ1) is 8.56. The van der Waals surface area contributed by atoms with Crippen molar-refractivity contribution in [3.63, 3.8) is 0 Å². The molecular weight excluding hydrogens is 246 g/mol. The minimum Gasteiger partial charge on any atom is -0.399 e. The molecule has 1 aliphatic heterocycles. The van der Waals surface area contributed by atoms with Gasteiger partial charge in [0, 0.05) is 24.8 Å². The van der Waals surface area contributed by atoms with Gasteiger partial charge in [0.25, 0.3) is 0 Å². The van der Waals surface area contributed by atoms with Gasteiger partial charge in [-0.05, 0) is 50.9 Å². The Morgan fingerprint density at radius 3 is 2.89 bits per heavy atom. The molecule has 3 nitrogen and oxygen atoms in total. The van der Waals surface area contributed by atoms with Crippen LogP contribution in [-0.4, -0.2) is 30.6 Å². The minimum atomic E-state index is 0.648. The Kier molecular flexibility index (Phi) is 4.36. The summed E-state index contributed by atoms with van der Waals surface area (Å²) in [6, 6.07) is 6.27. The molecule has 0 radical (unpaired) electrons. The first-order valence-electron chi connectivity index (χ1n) is 6.59. The van der Waals surface area contributed by atoms with Crippen molar-refractivity contribution in [1.29, 1.82) is 0 Å². The summed E-state index contributed by atoms with van der Waals surface area (Å²) < 4.78 is 0. The van der Waals surface area contributed by atoms with Gasteiger partial charge in [0.2, 0.25) is 0 Å². The molecule has 1 aliphatic rings. The SMILES string of the molecule is CC(C)N1CCC(CNc2ccc(N)cc2Cl)C1. The highest BCUT2D eigenvalue weighted by molar-refractivity contribution is 6.33. The van der Waals surface area contributed by atoms with Crippen LogP contribution in [0.5, 0.6) is 0 Å². The number of hydrogen-bond donors (Lipinski definition) is 2. The van der Waals surface area contributed by atoms with Crippen LogP contribution in [0.25, 0.3) is 0 Å². The fourth-order valence-electron chi connectivity index (χ4n) is 2.43. The average molecular weight is 268 g/mol. The molecule has 1 aromatic rings. The standard InChI is InChI=1S/C14H22ClN3/c1-10(2)18-6-5-11(9-18)8-17-14-4-3-12(16)7-13(14)15/h3-4,7,10-11,17H,5-6,8-9,16H2,1-2H3. The molecular formula is C14H22ClN3. The fourth-order valence-corrected chi connectivity index (χ4v) is 2.68. The molecule has 0 saturated carbocycles. The Hall–Kier alpha value is -0.930. The van der Waals surface area contributed by atoms with Crippen LogP contribution < -0.4 is 11.1 Å². The Morgan fingerprint density at radius 1 is 1.50 bits per heavy atom. The predicted octanol–water partition coefficient (Wildman–Crippen LogP) is 3.06. The number of nitrogens with zero attached hydrogens (tertiary/aromatic N) is 1. The number of halogens is 1. The molecule has 1 aromatic carbocycles. The summed E-state index contributed by atoms with van der Waals surface area (Å²) in [6.07, 6.45) is 1.26. The van der Waals surface area contributed by atoms with Gasteiger partial charge < -0.3 is 16.0 Å². The van der Waals surface area contributed by atoms with Gasteiger partial charge in [-0.15, -0.1) is 0 Å². The lowest BCUT2D eigenvalue weighted by atomic mass is 10.1. The lowest BCUT2D eigenvalue weighted by Gasteiger charge is -2.20. The zero-order valence-corrected chi connectivity index (χ0v) is 11.9. The monoisotopic (exact) mass is 267 g/mol. The van der Waals surface area contributed by atoms with E-state index in [4.69, 9.17) is 17.3 Å². The summed E-state index contributed by atoms with van der Waals surface area (Å²) in [5, 5.41) is 4.13. The molecule has 0 bridgehead atoms. The number of likely N-dealkylation sites (tertiary alicyclic amines) is 1. The molecule has 1 heterocycles. The van der Waals surface area contributed by atoms with E-state index in [0.717, 1.165) is 12.2 Å². The van der Waals surface area contributed by atoms with E-state index in [0.29, 0.717) is 22.7 Å². The van der Waals surface area contributed by atoms with E-state index in [1.165, 1.54) is 19.5 Å². The smallest absolute Gasteiger partial charge is 0.0657 e. The second kappa shape index (κ2) is 5.81.